The smallest absolute Gasteiger partial charge is 0.138 e. The molecular weight excluding hydrogens is 400 g/mol. The number of hydrogen-bond donors (Lipinski definition) is 0. The Hall–Kier alpha value is -1.95. The molecule has 1 saturated heterocycles. The van der Waals surface area contributed by atoms with E-state index in [1.54, 1.807) is 7.11 Å². The second-order valence-electron chi connectivity index (χ2n) is 8.02. The molecule has 2 aromatic rings. The average molecular weight is 433 g/mol. The fourth-order valence-electron chi connectivity index (χ4n) is 3.53. The molecule has 6 heteroatoms. The summed E-state index contributed by atoms with van der Waals surface area (Å²) in [5, 5.41) is 0.607. The van der Waals surface area contributed by atoms with E-state index in [1.807, 2.05) is 37.3 Å². The minimum atomic E-state index is -0.189. The second kappa shape index (κ2) is 10.9. The molecule has 2 aromatic carbocycles. The van der Waals surface area contributed by atoms with E-state index in [2.05, 4.69) is 35.8 Å². The van der Waals surface area contributed by atoms with E-state index in [-0.39, 0.29) is 6.10 Å². The second-order valence-corrected chi connectivity index (χ2v) is 8.43. The van der Waals surface area contributed by atoms with Gasteiger partial charge in [0.15, 0.2) is 0 Å². The first-order valence-electron chi connectivity index (χ1n) is 10.6. The lowest BCUT2D eigenvalue weighted by atomic mass is 10.2. The average Bonchev–Trinajstić information content (AvgIpc) is 2.75. The molecule has 0 bridgehead atoms. The maximum atomic E-state index is 6.23. The summed E-state index contributed by atoms with van der Waals surface area (Å²) in [6.45, 7) is 11.6. The Kier molecular flexibility index (Phi) is 8.25. The van der Waals surface area contributed by atoms with E-state index in [0.717, 1.165) is 37.5 Å². The normalized spacial score (nSPS) is 16.0. The minimum absolute atomic E-state index is 0.189. The molecule has 1 atom stereocenters. The van der Waals surface area contributed by atoms with Crippen molar-refractivity contribution in [1.82, 2.24) is 4.90 Å². The van der Waals surface area contributed by atoms with Gasteiger partial charge in [-0.2, -0.15) is 0 Å². The van der Waals surface area contributed by atoms with Crippen molar-refractivity contribution < 1.29 is 14.2 Å². The summed E-state index contributed by atoms with van der Waals surface area (Å²) in [5.74, 6) is 1.49. The Morgan fingerprint density at radius 1 is 0.933 bits per heavy atom. The molecule has 1 aliphatic rings. The first kappa shape index (κ1) is 22.7. The van der Waals surface area contributed by atoms with Crippen LogP contribution in [-0.2, 0) is 4.74 Å². The summed E-state index contributed by atoms with van der Waals surface area (Å²) in [6, 6.07) is 14.7. The molecule has 1 unspecified atom stereocenters. The van der Waals surface area contributed by atoms with Gasteiger partial charge in [0.05, 0.1) is 5.02 Å². The Balaban J connectivity index is 1.46. The van der Waals surface area contributed by atoms with Gasteiger partial charge in [-0.3, -0.25) is 4.90 Å². The molecule has 1 heterocycles. The van der Waals surface area contributed by atoms with Gasteiger partial charge in [-0.25, -0.2) is 0 Å². The fourth-order valence-corrected chi connectivity index (χ4v) is 3.82. The minimum Gasteiger partial charge on any atom is -0.491 e. The van der Waals surface area contributed by atoms with E-state index in [1.165, 1.54) is 5.69 Å². The highest BCUT2D eigenvalue weighted by atomic mass is 35.5. The van der Waals surface area contributed by atoms with Gasteiger partial charge in [-0.15, -0.1) is 0 Å². The number of piperazine rings is 1. The van der Waals surface area contributed by atoms with Crippen LogP contribution < -0.4 is 14.4 Å². The summed E-state index contributed by atoms with van der Waals surface area (Å²) >= 11 is 6.23. The molecule has 3 rings (SSSR count). The molecule has 0 saturated carbocycles. The van der Waals surface area contributed by atoms with Gasteiger partial charge >= 0.3 is 0 Å². The third-order valence-corrected chi connectivity index (χ3v) is 5.82. The third-order valence-electron chi connectivity index (χ3n) is 5.53. The predicted octanol–water partition coefficient (Wildman–Crippen LogP) is 4.65. The van der Waals surface area contributed by atoms with Gasteiger partial charge in [0.1, 0.15) is 30.8 Å². The van der Waals surface area contributed by atoms with Crippen molar-refractivity contribution in [3.63, 3.8) is 0 Å². The van der Waals surface area contributed by atoms with Gasteiger partial charge in [0, 0.05) is 45.0 Å². The van der Waals surface area contributed by atoms with Crippen LogP contribution in [0, 0.1) is 6.92 Å². The summed E-state index contributed by atoms with van der Waals surface area (Å²) in [5.41, 5.74) is 2.34. The zero-order chi connectivity index (χ0) is 21.5. The summed E-state index contributed by atoms with van der Waals surface area (Å²) in [7, 11) is 1.66. The van der Waals surface area contributed by atoms with Crippen molar-refractivity contribution in [2.45, 2.75) is 32.9 Å². The maximum absolute atomic E-state index is 6.23. The van der Waals surface area contributed by atoms with Crippen molar-refractivity contribution >= 4 is 17.3 Å². The van der Waals surface area contributed by atoms with Crippen LogP contribution in [0.1, 0.15) is 19.4 Å². The lowest BCUT2D eigenvalue weighted by Gasteiger charge is -2.38. The van der Waals surface area contributed by atoms with Crippen LogP contribution in [0.15, 0.2) is 42.5 Å². The standard InChI is InChI=1S/C24H33ClN2O3/c1-18(2)26-11-13-27(14-12-26)20-6-8-21(9-7-20)29-16-22(28-4)17-30-24-10-5-19(3)15-23(24)25/h5-10,15,18,22H,11-14,16-17H2,1-4H3. The Morgan fingerprint density at radius 2 is 1.60 bits per heavy atom. The first-order chi connectivity index (χ1) is 14.5. The quantitative estimate of drug-likeness (QED) is 0.576. The molecule has 30 heavy (non-hydrogen) atoms. The zero-order valence-corrected chi connectivity index (χ0v) is 19.2. The summed E-state index contributed by atoms with van der Waals surface area (Å²) in [4.78, 5) is 4.95. The van der Waals surface area contributed by atoms with Crippen LogP contribution >= 0.6 is 11.6 Å². The van der Waals surface area contributed by atoms with E-state index in [9.17, 15) is 0 Å². The van der Waals surface area contributed by atoms with Crippen molar-refractivity contribution in [3.05, 3.63) is 53.1 Å². The van der Waals surface area contributed by atoms with Gasteiger partial charge in [-0.1, -0.05) is 17.7 Å². The zero-order valence-electron chi connectivity index (χ0n) is 18.4. The number of hydrogen-bond acceptors (Lipinski definition) is 5. The van der Waals surface area contributed by atoms with E-state index in [0.29, 0.717) is 30.0 Å². The van der Waals surface area contributed by atoms with Gasteiger partial charge in [-0.05, 0) is 62.7 Å². The lowest BCUT2D eigenvalue weighted by molar-refractivity contribution is 0.0238. The first-order valence-corrected chi connectivity index (χ1v) is 11.0. The molecule has 0 amide bonds. The third kappa shape index (κ3) is 6.27. The Labute approximate surface area is 185 Å². The van der Waals surface area contributed by atoms with Crippen LogP contribution in [0.2, 0.25) is 5.02 Å². The highest BCUT2D eigenvalue weighted by Crippen LogP contribution is 2.25. The highest BCUT2D eigenvalue weighted by Gasteiger charge is 2.19. The van der Waals surface area contributed by atoms with Crippen LogP contribution in [0.4, 0.5) is 5.69 Å². The van der Waals surface area contributed by atoms with E-state index in [4.69, 9.17) is 25.8 Å². The Morgan fingerprint density at radius 3 is 2.20 bits per heavy atom. The molecule has 0 N–H and O–H groups in total. The number of anilines is 1. The monoisotopic (exact) mass is 432 g/mol. The number of nitrogens with zero attached hydrogens (tertiary/aromatic N) is 2. The van der Waals surface area contributed by atoms with Gasteiger partial charge in [0.25, 0.3) is 0 Å². The van der Waals surface area contributed by atoms with Crippen molar-refractivity contribution in [3.8, 4) is 11.5 Å². The number of rotatable bonds is 9. The Bertz CT molecular complexity index is 790. The number of ether oxygens (including phenoxy) is 3. The van der Waals surface area contributed by atoms with Crippen LogP contribution in [0.5, 0.6) is 11.5 Å². The van der Waals surface area contributed by atoms with Crippen molar-refractivity contribution in [1.29, 1.82) is 0 Å². The number of methoxy groups -OCH3 is 1. The molecule has 0 spiro atoms. The van der Waals surface area contributed by atoms with Crippen LogP contribution in [0.25, 0.3) is 0 Å². The molecule has 0 radical (unpaired) electrons. The summed E-state index contributed by atoms with van der Waals surface area (Å²) < 4.78 is 17.2. The largest absolute Gasteiger partial charge is 0.491 e. The predicted molar refractivity (Wildman–Crippen MR) is 123 cm³/mol. The lowest BCUT2D eigenvalue weighted by Crippen LogP contribution is -2.48. The van der Waals surface area contributed by atoms with Gasteiger partial charge in [0.2, 0.25) is 0 Å². The molecule has 1 aliphatic heterocycles. The highest BCUT2D eigenvalue weighted by molar-refractivity contribution is 6.32. The maximum Gasteiger partial charge on any atom is 0.138 e. The summed E-state index contributed by atoms with van der Waals surface area (Å²) in [6.07, 6.45) is -0.189. The molecule has 1 fully saturated rings. The van der Waals surface area contributed by atoms with E-state index < -0.39 is 0 Å². The van der Waals surface area contributed by atoms with Crippen LogP contribution in [-0.4, -0.2) is 63.5 Å². The SMILES string of the molecule is COC(COc1ccc(N2CCN(C(C)C)CC2)cc1)COc1ccc(C)cc1Cl. The van der Waals surface area contributed by atoms with Gasteiger partial charge < -0.3 is 19.1 Å². The van der Waals surface area contributed by atoms with Crippen LogP contribution in [0.3, 0.4) is 0 Å². The van der Waals surface area contributed by atoms with Crippen molar-refractivity contribution in [2.24, 2.45) is 0 Å². The molecule has 0 aliphatic carbocycles. The fraction of sp³-hybridized carbons (Fsp3) is 0.500. The number of aryl methyl sites for hydroxylation is 1. The molecule has 0 aromatic heterocycles. The number of benzene rings is 2. The molecule has 164 valence electrons. The number of halogens is 1. The van der Waals surface area contributed by atoms with Crippen molar-refractivity contribution in [2.75, 3.05) is 51.4 Å². The van der Waals surface area contributed by atoms with E-state index >= 15 is 0 Å². The molecular formula is C24H33ClN2O3. The topological polar surface area (TPSA) is 34.2 Å². The molecule has 5 nitrogen and oxygen atoms in total.